The quantitative estimate of drug-likeness (QED) is 0.377. The van der Waals surface area contributed by atoms with E-state index in [1.54, 1.807) is 11.3 Å². The van der Waals surface area contributed by atoms with Crippen molar-refractivity contribution in [1.29, 1.82) is 0 Å². The van der Waals surface area contributed by atoms with Crippen LogP contribution in [-0.2, 0) is 6.61 Å². The molecule has 0 atom stereocenters. The molecule has 3 aromatic carbocycles. The van der Waals surface area contributed by atoms with E-state index in [4.69, 9.17) is 0 Å². The van der Waals surface area contributed by atoms with Gasteiger partial charge in [-0.3, -0.25) is 0 Å². The van der Waals surface area contributed by atoms with Crippen LogP contribution in [0, 0.1) is 0 Å². The second-order valence-corrected chi connectivity index (χ2v) is 7.69. The molecule has 5 aromatic rings. The van der Waals surface area contributed by atoms with E-state index in [1.807, 2.05) is 12.1 Å². The minimum Gasteiger partial charge on any atom is -0.392 e. The summed E-state index contributed by atoms with van der Waals surface area (Å²) in [5.74, 6) is 0. The maximum Gasteiger partial charge on any atom is 0.0681 e. The number of para-hydroxylation sites is 1. The SMILES string of the molecule is OCc1ccc(-n2c(-c3ccccc3)c(-c3cccs3)c3ccccc32)cc1. The zero-order valence-corrected chi connectivity index (χ0v) is 16.1. The Morgan fingerprint density at radius 3 is 2.21 bits per heavy atom. The first kappa shape index (κ1) is 17.0. The molecule has 0 saturated heterocycles. The molecule has 136 valence electrons. The molecule has 0 saturated carbocycles. The third-order valence-corrected chi connectivity index (χ3v) is 5.95. The van der Waals surface area contributed by atoms with E-state index in [1.165, 1.54) is 32.6 Å². The van der Waals surface area contributed by atoms with Crippen molar-refractivity contribution in [3.63, 3.8) is 0 Å². The fourth-order valence-corrected chi connectivity index (χ4v) is 4.58. The standard InChI is InChI=1S/C25H19NOS/c27-17-18-12-14-20(15-13-18)26-22-10-5-4-9-21(22)24(23-11-6-16-28-23)25(26)19-7-2-1-3-8-19/h1-16,27H,17H2. The Morgan fingerprint density at radius 2 is 1.50 bits per heavy atom. The molecule has 2 nitrogen and oxygen atoms in total. The summed E-state index contributed by atoms with van der Waals surface area (Å²) < 4.78 is 2.33. The molecule has 3 heteroatoms. The first-order chi connectivity index (χ1) is 13.9. The molecule has 28 heavy (non-hydrogen) atoms. The maximum absolute atomic E-state index is 9.43. The Bertz CT molecular complexity index is 1220. The molecule has 0 unspecified atom stereocenters. The molecular formula is C25H19NOS. The van der Waals surface area contributed by atoms with Gasteiger partial charge in [0.2, 0.25) is 0 Å². The first-order valence-electron chi connectivity index (χ1n) is 9.30. The molecule has 0 aliphatic carbocycles. The van der Waals surface area contributed by atoms with Gasteiger partial charge in [0.25, 0.3) is 0 Å². The van der Waals surface area contributed by atoms with E-state index in [9.17, 15) is 5.11 Å². The average Bonchev–Trinajstić information content (AvgIpc) is 3.40. The number of aliphatic hydroxyl groups is 1. The summed E-state index contributed by atoms with van der Waals surface area (Å²) in [5, 5.41) is 12.8. The highest BCUT2D eigenvalue weighted by Gasteiger charge is 2.21. The summed E-state index contributed by atoms with van der Waals surface area (Å²) in [4.78, 5) is 1.26. The fourth-order valence-electron chi connectivity index (χ4n) is 3.80. The van der Waals surface area contributed by atoms with Gasteiger partial charge in [-0.25, -0.2) is 0 Å². The molecule has 0 fully saturated rings. The molecule has 0 amide bonds. The molecule has 0 aliphatic rings. The van der Waals surface area contributed by atoms with Crippen molar-refractivity contribution in [3.05, 3.63) is 102 Å². The van der Waals surface area contributed by atoms with Crippen LogP contribution in [0.4, 0.5) is 0 Å². The molecular weight excluding hydrogens is 362 g/mol. The smallest absolute Gasteiger partial charge is 0.0681 e. The molecule has 0 radical (unpaired) electrons. The zero-order chi connectivity index (χ0) is 18.9. The minimum atomic E-state index is 0.0543. The number of aromatic nitrogens is 1. The summed E-state index contributed by atoms with van der Waals surface area (Å²) in [6.45, 7) is 0.0543. The average molecular weight is 382 g/mol. The Hall–Kier alpha value is -3.14. The van der Waals surface area contributed by atoms with Crippen molar-refractivity contribution in [1.82, 2.24) is 4.57 Å². The van der Waals surface area contributed by atoms with Gasteiger partial charge in [0.15, 0.2) is 0 Å². The van der Waals surface area contributed by atoms with Crippen LogP contribution in [0.5, 0.6) is 0 Å². The maximum atomic E-state index is 9.43. The van der Waals surface area contributed by atoms with Gasteiger partial charge < -0.3 is 9.67 Å². The second kappa shape index (κ2) is 7.12. The predicted octanol–water partition coefficient (Wildman–Crippen LogP) is 6.52. The van der Waals surface area contributed by atoms with Crippen molar-refractivity contribution in [3.8, 4) is 27.4 Å². The lowest BCUT2D eigenvalue weighted by Gasteiger charge is -2.13. The highest BCUT2D eigenvalue weighted by Crippen LogP contribution is 2.44. The largest absolute Gasteiger partial charge is 0.392 e. The van der Waals surface area contributed by atoms with Gasteiger partial charge in [-0.1, -0.05) is 66.7 Å². The topological polar surface area (TPSA) is 25.2 Å². The van der Waals surface area contributed by atoms with Crippen molar-refractivity contribution in [2.75, 3.05) is 0 Å². The lowest BCUT2D eigenvalue weighted by molar-refractivity contribution is 0.282. The van der Waals surface area contributed by atoms with Crippen LogP contribution in [0.25, 0.3) is 38.3 Å². The normalized spacial score (nSPS) is 11.2. The van der Waals surface area contributed by atoms with E-state index in [-0.39, 0.29) is 6.61 Å². The Balaban J connectivity index is 1.91. The van der Waals surface area contributed by atoms with E-state index >= 15 is 0 Å². The van der Waals surface area contributed by atoms with Gasteiger partial charge in [0, 0.05) is 21.5 Å². The van der Waals surface area contributed by atoms with Crippen LogP contribution in [0.1, 0.15) is 5.56 Å². The number of rotatable bonds is 4. The van der Waals surface area contributed by atoms with Crippen LogP contribution in [0.3, 0.4) is 0 Å². The van der Waals surface area contributed by atoms with Crippen molar-refractivity contribution in [2.45, 2.75) is 6.61 Å². The number of hydrogen-bond donors (Lipinski definition) is 1. The molecule has 0 aliphatic heterocycles. The van der Waals surface area contributed by atoms with E-state index in [0.29, 0.717) is 0 Å². The third kappa shape index (κ3) is 2.76. The number of aliphatic hydroxyl groups excluding tert-OH is 1. The number of fused-ring (bicyclic) bond motifs is 1. The van der Waals surface area contributed by atoms with E-state index in [2.05, 4.69) is 88.8 Å². The molecule has 5 rings (SSSR count). The van der Waals surface area contributed by atoms with Crippen LogP contribution in [0.15, 0.2) is 96.4 Å². The fraction of sp³-hybridized carbons (Fsp3) is 0.0400. The lowest BCUT2D eigenvalue weighted by Crippen LogP contribution is -1.98. The first-order valence-corrected chi connectivity index (χ1v) is 10.2. The Labute approximate surface area is 168 Å². The van der Waals surface area contributed by atoms with Crippen molar-refractivity contribution >= 4 is 22.2 Å². The Morgan fingerprint density at radius 1 is 0.750 bits per heavy atom. The minimum absolute atomic E-state index is 0.0543. The monoisotopic (exact) mass is 381 g/mol. The third-order valence-electron chi connectivity index (χ3n) is 5.07. The highest BCUT2D eigenvalue weighted by molar-refractivity contribution is 7.13. The van der Waals surface area contributed by atoms with Gasteiger partial charge >= 0.3 is 0 Å². The van der Waals surface area contributed by atoms with Crippen LogP contribution in [0.2, 0.25) is 0 Å². The van der Waals surface area contributed by atoms with Crippen LogP contribution >= 0.6 is 11.3 Å². The molecule has 2 heterocycles. The van der Waals surface area contributed by atoms with E-state index in [0.717, 1.165) is 11.3 Å². The van der Waals surface area contributed by atoms with Gasteiger partial charge in [0.1, 0.15) is 0 Å². The van der Waals surface area contributed by atoms with Crippen LogP contribution < -0.4 is 0 Å². The number of benzene rings is 3. The summed E-state index contributed by atoms with van der Waals surface area (Å²) in [7, 11) is 0. The summed E-state index contributed by atoms with van der Waals surface area (Å²) in [6.07, 6.45) is 0. The predicted molar refractivity (Wildman–Crippen MR) is 118 cm³/mol. The summed E-state index contributed by atoms with van der Waals surface area (Å²) in [6, 6.07) is 31.6. The molecule has 0 bridgehead atoms. The summed E-state index contributed by atoms with van der Waals surface area (Å²) in [5.41, 5.74) is 6.84. The number of hydrogen-bond acceptors (Lipinski definition) is 2. The van der Waals surface area contributed by atoms with Gasteiger partial charge in [-0.2, -0.15) is 0 Å². The summed E-state index contributed by atoms with van der Waals surface area (Å²) >= 11 is 1.77. The lowest BCUT2D eigenvalue weighted by atomic mass is 10.0. The van der Waals surface area contributed by atoms with Crippen molar-refractivity contribution in [2.24, 2.45) is 0 Å². The molecule has 2 aromatic heterocycles. The number of thiophene rings is 1. The zero-order valence-electron chi connectivity index (χ0n) is 15.2. The molecule has 1 N–H and O–H groups in total. The van der Waals surface area contributed by atoms with Gasteiger partial charge in [-0.05, 0) is 40.8 Å². The van der Waals surface area contributed by atoms with Gasteiger partial charge in [0.05, 0.1) is 17.8 Å². The Kier molecular flexibility index (Phi) is 4.32. The van der Waals surface area contributed by atoms with Gasteiger partial charge in [-0.15, -0.1) is 11.3 Å². The van der Waals surface area contributed by atoms with E-state index < -0.39 is 0 Å². The van der Waals surface area contributed by atoms with Crippen LogP contribution in [-0.4, -0.2) is 9.67 Å². The highest BCUT2D eigenvalue weighted by atomic mass is 32.1. The second-order valence-electron chi connectivity index (χ2n) is 6.74. The molecule has 0 spiro atoms. The van der Waals surface area contributed by atoms with Crippen molar-refractivity contribution < 1.29 is 5.11 Å². The number of nitrogens with zero attached hydrogens (tertiary/aromatic N) is 1.